The van der Waals surface area contributed by atoms with E-state index in [1.54, 1.807) is 0 Å². The maximum atomic E-state index is 11.9. The summed E-state index contributed by atoms with van der Waals surface area (Å²) >= 11 is 0. The Bertz CT molecular complexity index is 1640. The number of aliphatic hydroxyl groups excluding tert-OH is 5. The van der Waals surface area contributed by atoms with Crippen LogP contribution in [-0.4, -0.2) is 147 Å². The number of esters is 1. The number of hydrogen-bond acceptors (Lipinski definition) is 17. The Kier molecular flexibility index (Phi) is 10.5. The van der Waals surface area contributed by atoms with Gasteiger partial charge in [0.2, 0.25) is 6.29 Å². The Hall–Kier alpha value is -4.93. The minimum atomic E-state index is -2.13. The van der Waals surface area contributed by atoms with E-state index in [0.717, 1.165) is 18.2 Å². The van der Waals surface area contributed by atoms with E-state index in [-0.39, 0.29) is 28.4 Å². The molecule has 0 spiro atoms. The number of carbonyl (C=O) groups excluding carboxylic acids is 1. The van der Waals surface area contributed by atoms with Gasteiger partial charge in [-0.1, -0.05) is 0 Å². The number of carboxylic acid groups (broad SMARTS) is 2. The van der Waals surface area contributed by atoms with Gasteiger partial charge in [-0.2, -0.15) is 0 Å². The van der Waals surface area contributed by atoms with Crippen molar-refractivity contribution in [2.45, 2.75) is 73.9 Å². The van der Waals surface area contributed by atoms with Gasteiger partial charge in [-0.25, -0.2) is 4.79 Å². The van der Waals surface area contributed by atoms with Crippen molar-refractivity contribution >= 4 is 24.0 Å². The van der Waals surface area contributed by atoms with Crippen LogP contribution < -0.4 is 0 Å². The summed E-state index contributed by atoms with van der Waals surface area (Å²) in [7, 11) is 0. The van der Waals surface area contributed by atoms with Crippen molar-refractivity contribution in [3.63, 3.8) is 0 Å². The predicted molar refractivity (Wildman–Crippen MR) is 156 cm³/mol. The van der Waals surface area contributed by atoms with Crippen LogP contribution in [-0.2, 0) is 38.1 Å². The zero-order valence-electron chi connectivity index (χ0n) is 25.4. The number of fused-ring (bicyclic) bond motifs is 1. The number of aliphatic hydroxyl groups is 6. The molecule has 2 aromatic rings. The van der Waals surface area contributed by atoms with E-state index in [2.05, 4.69) is 4.74 Å². The minimum Gasteiger partial charge on any atom is -0.571 e. The number of phenolic OH excluding ortho intramolecular Hbond substituents is 4. The van der Waals surface area contributed by atoms with Crippen LogP contribution in [0.15, 0.2) is 36.1 Å². The van der Waals surface area contributed by atoms with E-state index >= 15 is 0 Å². The van der Waals surface area contributed by atoms with Crippen LogP contribution >= 0.6 is 0 Å². The summed E-state index contributed by atoms with van der Waals surface area (Å²) in [6.07, 6.45) is -21.4. The van der Waals surface area contributed by atoms with Crippen molar-refractivity contribution in [3.8, 4) is 28.7 Å². The topological polar surface area (TPSA) is 333 Å². The van der Waals surface area contributed by atoms with Gasteiger partial charge in [-0.3, -0.25) is 9.59 Å². The molecule has 50 heavy (non-hydrogen) atoms. The fourth-order valence-electron chi connectivity index (χ4n) is 5.42. The highest BCUT2D eigenvalue weighted by atomic mass is 16.8. The summed E-state index contributed by atoms with van der Waals surface area (Å²) in [6, 6.07) is 5.75. The van der Waals surface area contributed by atoms with E-state index in [0.29, 0.717) is 0 Å². The number of carbonyl (C=O) groups is 3. The molecule has 0 amide bonds. The van der Waals surface area contributed by atoms with Gasteiger partial charge >= 0.3 is 17.9 Å². The van der Waals surface area contributed by atoms with Crippen LogP contribution in [0, 0.1) is 0 Å². The molecule has 11 unspecified atom stereocenters. The number of benzene rings is 2. The maximum Gasteiger partial charge on any atom is 0.335 e. The van der Waals surface area contributed by atoms with Gasteiger partial charge in [0.15, 0.2) is 35.8 Å². The van der Waals surface area contributed by atoms with Gasteiger partial charge in [0, 0.05) is 12.1 Å². The summed E-state index contributed by atoms with van der Waals surface area (Å²) in [4.78, 5) is 34.5. The van der Waals surface area contributed by atoms with Gasteiger partial charge < -0.3 is 84.6 Å². The van der Waals surface area contributed by atoms with Crippen molar-refractivity contribution in [1.29, 1.82) is 0 Å². The molecule has 3 aliphatic heterocycles. The van der Waals surface area contributed by atoms with Crippen LogP contribution in [0.4, 0.5) is 0 Å². The van der Waals surface area contributed by atoms with Gasteiger partial charge in [0.25, 0.3) is 11.9 Å². The van der Waals surface area contributed by atoms with Crippen LogP contribution in [0.25, 0.3) is 6.08 Å². The molecule has 3 heterocycles. The lowest BCUT2D eigenvalue weighted by atomic mass is 9.97. The molecule has 11 atom stereocenters. The third kappa shape index (κ3) is 7.46. The Morgan fingerprint density at radius 3 is 2.16 bits per heavy atom. The predicted octanol–water partition coefficient (Wildman–Crippen LogP) is -2.40. The summed E-state index contributed by atoms with van der Waals surface area (Å²) in [5, 5.41) is 112. The van der Waals surface area contributed by atoms with Crippen molar-refractivity contribution < 1.29 is 99.0 Å². The average molecular weight is 714 g/mol. The number of aromatic hydroxyl groups is 5. The van der Waals surface area contributed by atoms with Gasteiger partial charge in [0.05, 0.1) is 11.6 Å². The van der Waals surface area contributed by atoms with Gasteiger partial charge in [-0.05, 0) is 18.2 Å². The molecule has 0 bridgehead atoms. The second-order valence-electron chi connectivity index (χ2n) is 11.5. The average Bonchev–Trinajstić information content (AvgIpc) is 3.04. The molecule has 12 N–H and O–H groups in total. The Labute approximate surface area is 279 Å². The van der Waals surface area contributed by atoms with E-state index in [4.69, 9.17) is 28.8 Å². The van der Waals surface area contributed by atoms with Crippen molar-refractivity contribution in [3.05, 3.63) is 47.2 Å². The Morgan fingerprint density at radius 1 is 0.780 bits per heavy atom. The van der Waals surface area contributed by atoms with E-state index < -0.39 is 116 Å². The summed E-state index contributed by atoms with van der Waals surface area (Å²) in [6.45, 7) is -0.840. The number of phenols is 4. The smallest absolute Gasteiger partial charge is 0.335 e. The SMILES string of the molecule is O=C(O)CC(=O)OCC1OC(OC2=Cc3c(O)cc(O)cc3[OH+]C2c2ccc(O)c(O)c2)C(OC2OC(C(=O)O)C(O)C(O)C2O)C(O)C1O. The summed E-state index contributed by atoms with van der Waals surface area (Å²) in [5.74, 6) is -6.63. The highest BCUT2D eigenvalue weighted by Gasteiger charge is 2.53. The van der Waals surface area contributed by atoms with Crippen molar-refractivity contribution in [2.24, 2.45) is 0 Å². The molecular weight excluding hydrogens is 680 g/mol. The monoisotopic (exact) mass is 713 g/mol. The summed E-state index contributed by atoms with van der Waals surface area (Å²) in [5.41, 5.74) is 0.151. The normalized spacial score (nSPS) is 32.2. The second-order valence-corrected chi connectivity index (χ2v) is 11.5. The number of rotatable bonds is 10. The molecule has 0 aromatic heterocycles. The molecule has 5 rings (SSSR count). The zero-order chi connectivity index (χ0) is 36.6. The number of ether oxygens (including phenoxy) is 6. The molecule has 272 valence electrons. The molecule has 2 saturated heterocycles. The first-order chi connectivity index (χ1) is 23.5. The quantitative estimate of drug-likeness (QED) is 0.0529. The lowest BCUT2D eigenvalue weighted by molar-refractivity contribution is -0.361. The van der Waals surface area contributed by atoms with E-state index in [1.165, 1.54) is 18.2 Å². The fourth-order valence-corrected chi connectivity index (χ4v) is 5.42. The van der Waals surface area contributed by atoms with Gasteiger partial charge in [0.1, 0.15) is 66.7 Å². The van der Waals surface area contributed by atoms with E-state index in [1.807, 2.05) is 0 Å². The van der Waals surface area contributed by atoms with E-state index in [9.17, 15) is 65.4 Å². The Morgan fingerprint density at radius 2 is 1.50 bits per heavy atom. The fraction of sp³-hybridized carbons (Fsp3) is 0.433. The first-order valence-electron chi connectivity index (χ1n) is 14.7. The lowest BCUT2D eigenvalue weighted by Crippen LogP contribution is -2.65. The van der Waals surface area contributed by atoms with Crippen molar-refractivity contribution in [2.75, 3.05) is 6.61 Å². The molecule has 3 aliphatic rings. The third-order valence-electron chi connectivity index (χ3n) is 7.97. The molecule has 20 heteroatoms. The lowest BCUT2D eigenvalue weighted by Gasteiger charge is -2.45. The first-order valence-corrected chi connectivity index (χ1v) is 14.7. The zero-order valence-corrected chi connectivity index (χ0v) is 25.4. The van der Waals surface area contributed by atoms with Crippen LogP contribution in [0.1, 0.15) is 23.7 Å². The maximum absolute atomic E-state index is 11.9. The first kappa shape index (κ1) is 36.4. The van der Waals surface area contributed by atoms with Crippen LogP contribution in [0.2, 0.25) is 0 Å². The van der Waals surface area contributed by atoms with Crippen molar-refractivity contribution in [1.82, 2.24) is 0 Å². The molecule has 20 nitrogen and oxygen atoms in total. The van der Waals surface area contributed by atoms with Crippen LogP contribution in [0.5, 0.6) is 28.7 Å². The highest BCUT2D eigenvalue weighted by molar-refractivity contribution is 5.90. The minimum absolute atomic E-state index is 0.00231. The Balaban J connectivity index is 1.53. The molecule has 2 aromatic carbocycles. The molecule has 2 fully saturated rings. The third-order valence-corrected chi connectivity index (χ3v) is 7.97. The second kappa shape index (κ2) is 14.5. The van der Waals surface area contributed by atoms with Gasteiger partial charge in [-0.15, -0.1) is 0 Å². The largest absolute Gasteiger partial charge is 0.571 e. The highest BCUT2D eigenvalue weighted by Crippen LogP contribution is 2.46. The molecule has 0 radical (unpaired) electrons. The number of carboxylic acids is 2. The molecular formula is C30H33O20+. The number of hydrogen-bond donors (Lipinski definition) is 11. The van der Waals surface area contributed by atoms with Crippen LogP contribution in [0.3, 0.4) is 0 Å². The standard InChI is InChI=1S/C30H32O20/c31-10-4-13(33)11-6-16(25(46-15(11)5-10)9-1-2-12(32)14(34)3-9)47-30-27(50-29-24(42)21(39)23(41)26(49-29)28(43)44)22(40)20(38)17(48-30)8-45-19(37)7-18(35)36/h1-6,17,20-27,29-34,38-42H,7-8H2,(H,35,36)(H,43,44)/p+1. The number of aliphatic carboxylic acids is 2. The molecule has 0 aliphatic carbocycles. The molecule has 0 saturated carbocycles. The summed E-state index contributed by atoms with van der Waals surface area (Å²) < 4.78 is 32.0.